The second kappa shape index (κ2) is 7.37. The van der Waals surface area contributed by atoms with Crippen molar-refractivity contribution >= 4 is 0 Å². The molecule has 1 unspecified atom stereocenters. The molecule has 0 aromatic carbocycles. The standard InChI is InChI=1S/C11H22N4O2/c1-4-16-9(8-12)7-11-13-10(14-17-11)5-6-15(2)3/h9H,4-8,12H2,1-3H3. The molecule has 0 spiro atoms. The molecule has 1 aromatic heterocycles. The summed E-state index contributed by atoms with van der Waals surface area (Å²) in [5, 5.41) is 3.93. The van der Waals surface area contributed by atoms with E-state index < -0.39 is 0 Å². The number of nitrogens with two attached hydrogens (primary N) is 1. The third kappa shape index (κ3) is 5.25. The van der Waals surface area contributed by atoms with E-state index in [4.69, 9.17) is 15.0 Å². The predicted molar refractivity (Wildman–Crippen MR) is 64.7 cm³/mol. The Morgan fingerprint density at radius 1 is 1.47 bits per heavy atom. The second-order valence-electron chi connectivity index (χ2n) is 4.17. The highest BCUT2D eigenvalue weighted by atomic mass is 16.5. The van der Waals surface area contributed by atoms with Crippen LogP contribution in [0, 0.1) is 0 Å². The van der Waals surface area contributed by atoms with Gasteiger partial charge in [-0.05, 0) is 21.0 Å². The van der Waals surface area contributed by atoms with Crippen LogP contribution in [0.3, 0.4) is 0 Å². The van der Waals surface area contributed by atoms with Gasteiger partial charge in [0, 0.05) is 26.1 Å². The minimum atomic E-state index is -0.0397. The Labute approximate surface area is 102 Å². The van der Waals surface area contributed by atoms with Crippen molar-refractivity contribution in [2.75, 3.05) is 33.8 Å². The lowest BCUT2D eigenvalue weighted by Crippen LogP contribution is -2.26. The molecule has 6 nitrogen and oxygen atoms in total. The molecule has 0 fully saturated rings. The van der Waals surface area contributed by atoms with Crippen LogP contribution in [0.4, 0.5) is 0 Å². The molecule has 17 heavy (non-hydrogen) atoms. The fourth-order valence-electron chi connectivity index (χ4n) is 1.44. The third-order valence-electron chi connectivity index (χ3n) is 2.36. The molecule has 0 amide bonds. The van der Waals surface area contributed by atoms with E-state index in [0.717, 1.165) is 18.8 Å². The summed E-state index contributed by atoms with van der Waals surface area (Å²) in [4.78, 5) is 6.39. The van der Waals surface area contributed by atoms with Crippen LogP contribution >= 0.6 is 0 Å². The minimum absolute atomic E-state index is 0.0397. The minimum Gasteiger partial charge on any atom is -0.377 e. The van der Waals surface area contributed by atoms with Crippen LogP contribution in [-0.2, 0) is 17.6 Å². The summed E-state index contributed by atoms with van der Waals surface area (Å²) in [6.07, 6.45) is 1.33. The molecular weight excluding hydrogens is 220 g/mol. The van der Waals surface area contributed by atoms with Gasteiger partial charge in [-0.25, -0.2) is 0 Å². The highest BCUT2D eigenvalue weighted by Crippen LogP contribution is 2.04. The largest absolute Gasteiger partial charge is 0.377 e. The highest BCUT2D eigenvalue weighted by Gasteiger charge is 2.13. The molecule has 1 aromatic rings. The molecule has 0 bridgehead atoms. The molecule has 1 atom stereocenters. The van der Waals surface area contributed by atoms with E-state index in [2.05, 4.69) is 15.0 Å². The van der Waals surface area contributed by atoms with Gasteiger partial charge in [-0.3, -0.25) is 0 Å². The van der Waals surface area contributed by atoms with Crippen LogP contribution < -0.4 is 5.73 Å². The number of rotatable bonds is 8. The summed E-state index contributed by atoms with van der Waals surface area (Å²) < 4.78 is 10.6. The molecule has 2 N–H and O–H groups in total. The highest BCUT2D eigenvalue weighted by molar-refractivity contribution is 4.89. The molecule has 0 radical (unpaired) electrons. The average molecular weight is 242 g/mol. The Kier molecular flexibility index (Phi) is 6.10. The topological polar surface area (TPSA) is 77.4 Å². The van der Waals surface area contributed by atoms with Crippen LogP contribution in [0.2, 0.25) is 0 Å². The van der Waals surface area contributed by atoms with E-state index in [0.29, 0.717) is 25.5 Å². The van der Waals surface area contributed by atoms with E-state index in [9.17, 15) is 0 Å². The van der Waals surface area contributed by atoms with Crippen molar-refractivity contribution < 1.29 is 9.26 Å². The van der Waals surface area contributed by atoms with E-state index in [1.165, 1.54) is 0 Å². The van der Waals surface area contributed by atoms with Crippen molar-refractivity contribution in [2.45, 2.75) is 25.9 Å². The second-order valence-corrected chi connectivity index (χ2v) is 4.17. The molecule has 6 heteroatoms. The van der Waals surface area contributed by atoms with Gasteiger partial charge in [0.05, 0.1) is 12.5 Å². The van der Waals surface area contributed by atoms with Crippen molar-refractivity contribution in [3.8, 4) is 0 Å². The van der Waals surface area contributed by atoms with E-state index >= 15 is 0 Å². The van der Waals surface area contributed by atoms with Crippen molar-refractivity contribution in [1.82, 2.24) is 15.0 Å². The number of ether oxygens (including phenoxy) is 1. The number of aromatic nitrogens is 2. The van der Waals surface area contributed by atoms with Crippen LogP contribution in [-0.4, -0.2) is 54.9 Å². The zero-order valence-electron chi connectivity index (χ0n) is 10.8. The van der Waals surface area contributed by atoms with Crippen molar-refractivity contribution in [2.24, 2.45) is 5.73 Å². The predicted octanol–water partition coefficient (Wildman–Crippen LogP) is 0.0800. The number of likely N-dealkylation sites (N-methyl/N-ethyl adjacent to an activating group) is 1. The molecule has 1 heterocycles. The maximum atomic E-state index is 5.59. The van der Waals surface area contributed by atoms with E-state index in [1.54, 1.807) is 0 Å². The van der Waals surface area contributed by atoms with Crippen LogP contribution in [0.15, 0.2) is 4.52 Å². The van der Waals surface area contributed by atoms with Gasteiger partial charge >= 0.3 is 0 Å². The lowest BCUT2D eigenvalue weighted by Gasteiger charge is -2.11. The smallest absolute Gasteiger partial charge is 0.229 e. The first kappa shape index (κ1) is 14.1. The van der Waals surface area contributed by atoms with E-state index in [1.807, 2.05) is 21.0 Å². The molecule has 0 aliphatic carbocycles. The van der Waals surface area contributed by atoms with Crippen LogP contribution in [0.25, 0.3) is 0 Å². The first-order valence-corrected chi connectivity index (χ1v) is 5.93. The summed E-state index contributed by atoms with van der Waals surface area (Å²) in [7, 11) is 4.03. The van der Waals surface area contributed by atoms with Gasteiger partial charge in [0.2, 0.25) is 5.89 Å². The Morgan fingerprint density at radius 3 is 2.82 bits per heavy atom. The first-order valence-electron chi connectivity index (χ1n) is 5.93. The Hall–Kier alpha value is -0.980. The zero-order chi connectivity index (χ0) is 12.7. The SMILES string of the molecule is CCOC(CN)Cc1nc(CCN(C)C)no1. The van der Waals surface area contributed by atoms with Crippen LogP contribution in [0.5, 0.6) is 0 Å². The number of nitrogens with zero attached hydrogens (tertiary/aromatic N) is 3. The lowest BCUT2D eigenvalue weighted by molar-refractivity contribution is 0.0636. The van der Waals surface area contributed by atoms with Gasteiger partial charge in [-0.2, -0.15) is 4.98 Å². The zero-order valence-corrected chi connectivity index (χ0v) is 10.8. The molecule has 0 aliphatic rings. The lowest BCUT2D eigenvalue weighted by atomic mass is 10.2. The Bertz CT molecular complexity index is 314. The maximum Gasteiger partial charge on any atom is 0.229 e. The fourth-order valence-corrected chi connectivity index (χ4v) is 1.44. The maximum absolute atomic E-state index is 5.59. The molecule has 1 rings (SSSR count). The molecule has 98 valence electrons. The number of hydrogen-bond donors (Lipinski definition) is 1. The summed E-state index contributed by atoms with van der Waals surface area (Å²) in [6, 6.07) is 0. The summed E-state index contributed by atoms with van der Waals surface area (Å²) >= 11 is 0. The molecule has 0 saturated heterocycles. The third-order valence-corrected chi connectivity index (χ3v) is 2.36. The van der Waals surface area contributed by atoms with Crippen molar-refractivity contribution in [1.29, 1.82) is 0 Å². The van der Waals surface area contributed by atoms with Crippen molar-refractivity contribution in [3.63, 3.8) is 0 Å². The van der Waals surface area contributed by atoms with Gasteiger partial charge in [0.15, 0.2) is 5.82 Å². The van der Waals surface area contributed by atoms with Crippen LogP contribution in [0.1, 0.15) is 18.6 Å². The van der Waals surface area contributed by atoms with Gasteiger partial charge < -0.3 is 19.9 Å². The van der Waals surface area contributed by atoms with Crippen molar-refractivity contribution in [3.05, 3.63) is 11.7 Å². The summed E-state index contributed by atoms with van der Waals surface area (Å²) in [6.45, 7) is 3.95. The number of hydrogen-bond acceptors (Lipinski definition) is 6. The van der Waals surface area contributed by atoms with Gasteiger partial charge in [-0.15, -0.1) is 0 Å². The fraction of sp³-hybridized carbons (Fsp3) is 0.818. The quantitative estimate of drug-likeness (QED) is 0.695. The van der Waals surface area contributed by atoms with Gasteiger partial charge in [0.1, 0.15) is 0 Å². The summed E-state index contributed by atoms with van der Waals surface area (Å²) in [5.74, 6) is 1.34. The molecular formula is C11H22N4O2. The van der Waals surface area contributed by atoms with Gasteiger partial charge in [0.25, 0.3) is 0 Å². The first-order chi connectivity index (χ1) is 8.15. The average Bonchev–Trinajstić information content (AvgIpc) is 2.73. The summed E-state index contributed by atoms with van der Waals surface area (Å²) in [5.41, 5.74) is 5.59. The Morgan fingerprint density at radius 2 is 2.24 bits per heavy atom. The normalized spacial score (nSPS) is 13.2. The molecule has 0 saturated carbocycles. The van der Waals surface area contributed by atoms with E-state index in [-0.39, 0.29) is 6.10 Å². The molecule has 0 aliphatic heterocycles. The van der Waals surface area contributed by atoms with Gasteiger partial charge in [-0.1, -0.05) is 5.16 Å². The Balaban J connectivity index is 2.44. The monoisotopic (exact) mass is 242 g/mol.